The Morgan fingerprint density at radius 1 is 1.22 bits per heavy atom. The third kappa shape index (κ3) is 5.58. The van der Waals surface area contributed by atoms with Gasteiger partial charge in [-0.1, -0.05) is 36.3 Å². The van der Waals surface area contributed by atoms with Crippen LogP contribution in [0.3, 0.4) is 0 Å². The molecule has 1 unspecified atom stereocenters. The number of piperidine rings is 1. The molecule has 2 N–H and O–H groups in total. The van der Waals surface area contributed by atoms with E-state index in [4.69, 9.17) is 11.2 Å². The summed E-state index contributed by atoms with van der Waals surface area (Å²) < 4.78 is 5.60. The largest absolute Gasteiger partial charge is 0.368 e. The Hall–Kier alpha value is -2.89. The van der Waals surface area contributed by atoms with Crippen LogP contribution in [0.1, 0.15) is 50.5 Å². The molecule has 6 atom stereocenters. The van der Waals surface area contributed by atoms with E-state index in [1.54, 1.807) is 14.0 Å². The molecule has 3 heterocycles. The second-order valence-electron chi connectivity index (χ2n) is 10.2. The van der Waals surface area contributed by atoms with Gasteiger partial charge in [-0.3, -0.25) is 14.4 Å². The van der Waals surface area contributed by atoms with Crippen LogP contribution in [0.2, 0.25) is 0 Å². The molecule has 0 aromatic heterocycles. The highest BCUT2D eigenvalue weighted by molar-refractivity contribution is 5.90. The van der Waals surface area contributed by atoms with Gasteiger partial charge < -0.3 is 25.2 Å². The molecule has 194 valence electrons. The Balaban J connectivity index is 1.49. The summed E-state index contributed by atoms with van der Waals surface area (Å²) in [6, 6.07) is 8.92. The number of rotatable bonds is 8. The van der Waals surface area contributed by atoms with Crippen LogP contribution in [0, 0.1) is 18.3 Å². The minimum absolute atomic E-state index is 0.00656. The van der Waals surface area contributed by atoms with E-state index in [1.165, 1.54) is 0 Å². The molecule has 1 aromatic rings. The Labute approximate surface area is 214 Å². The topological polar surface area (TPSA) is 91.0 Å². The molecule has 3 aliphatic heterocycles. The summed E-state index contributed by atoms with van der Waals surface area (Å²) in [6.07, 6.45) is 9.68. The zero-order chi connectivity index (χ0) is 25.7. The van der Waals surface area contributed by atoms with Gasteiger partial charge in [0.1, 0.15) is 12.6 Å². The standard InChI is InChI=1S/C28H38N4O4/c1-4-15-36-18-23(20-9-6-5-7-10-20)27(34)31-14-13-21-16-22-11-8-12-24(30-26(33)19(2)29-3)28(35)32(22)25(21)17-31/h1,5-7,9-10,19,21-25,29H,8,11-18H2,2-3H3,(H,30,33)/t19-,21+,22-,23?,24-,25+/m0/s1. The molecule has 3 aliphatic rings. The van der Waals surface area contributed by atoms with Crippen molar-refractivity contribution in [3.05, 3.63) is 35.9 Å². The SMILES string of the molecule is C#CCOCC(C(=O)N1CC[C@@H]2C[C@@H]3CCC[C@H](NC(=O)[C@H](C)NC)C(=O)N3[C@@H]2C1)c1ccccc1. The van der Waals surface area contributed by atoms with Crippen molar-refractivity contribution in [2.75, 3.05) is 33.4 Å². The van der Waals surface area contributed by atoms with Gasteiger partial charge in [0.2, 0.25) is 17.7 Å². The molecule has 0 spiro atoms. The first-order valence-electron chi connectivity index (χ1n) is 13.1. The van der Waals surface area contributed by atoms with Crippen LogP contribution < -0.4 is 10.6 Å². The smallest absolute Gasteiger partial charge is 0.245 e. The number of hydrogen-bond donors (Lipinski definition) is 2. The zero-order valence-electron chi connectivity index (χ0n) is 21.3. The van der Waals surface area contributed by atoms with Crippen LogP contribution in [0.4, 0.5) is 0 Å². The summed E-state index contributed by atoms with van der Waals surface area (Å²) in [5, 5.41) is 5.90. The molecule has 1 aromatic carbocycles. The number of carbonyl (C=O) groups is 3. The lowest BCUT2D eigenvalue weighted by Gasteiger charge is -2.41. The monoisotopic (exact) mass is 494 g/mol. The number of nitrogens with zero attached hydrogens (tertiary/aromatic N) is 2. The number of ether oxygens (including phenoxy) is 1. The van der Waals surface area contributed by atoms with Gasteiger partial charge in [-0.25, -0.2) is 0 Å². The molecule has 0 aliphatic carbocycles. The fourth-order valence-electron chi connectivity index (χ4n) is 5.98. The number of amides is 3. The number of carbonyl (C=O) groups excluding carboxylic acids is 3. The van der Waals surface area contributed by atoms with Crippen molar-refractivity contribution in [3.63, 3.8) is 0 Å². The average molecular weight is 495 g/mol. The highest BCUT2D eigenvalue weighted by Crippen LogP contribution is 2.40. The highest BCUT2D eigenvalue weighted by Gasteiger charge is 2.49. The van der Waals surface area contributed by atoms with Crippen LogP contribution in [0.5, 0.6) is 0 Å². The molecule has 3 amide bonds. The Bertz CT molecular complexity index is 978. The second-order valence-corrected chi connectivity index (χ2v) is 10.2. The van der Waals surface area contributed by atoms with Crippen molar-refractivity contribution < 1.29 is 19.1 Å². The van der Waals surface area contributed by atoms with Crippen molar-refractivity contribution in [3.8, 4) is 12.3 Å². The average Bonchev–Trinajstić information content (AvgIpc) is 3.19. The number of hydrogen-bond acceptors (Lipinski definition) is 5. The molecule has 36 heavy (non-hydrogen) atoms. The van der Waals surface area contributed by atoms with E-state index >= 15 is 0 Å². The van der Waals surface area contributed by atoms with Gasteiger partial charge in [-0.05, 0) is 57.6 Å². The molecule has 0 saturated carbocycles. The highest BCUT2D eigenvalue weighted by atomic mass is 16.5. The molecule has 0 bridgehead atoms. The van der Waals surface area contributed by atoms with E-state index in [2.05, 4.69) is 16.6 Å². The summed E-state index contributed by atoms with van der Waals surface area (Å²) in [5.74, 6) is 2.24. The molecule has 4 rings (SSSR count). The minimum Gasteiger partial charge on any atom is -0.368 e. The van der Waals surface area contributed by atoms with Gasteiger partial charge in [0.05, 0.1) is 24.6 Å². The van der Waals surface area contributed by atoms with Crippen molar-refractivity contribution in [1.82, 2.24) is 20.4 Å². The molecule has 3 fully saturated rings. The minimum atomic E-state index is -0.516. The maximum Gasteiger partial charge on any atom is 0.245 e. The van der Waals surface area contributed by atoms with E-state index in [1.807, 2.05) is 40.1 Å². The first-order chi connectivity index (χ1) is 17.4. The molecule has 8 nitrogen and oxygen atoms in total. The van der Waals surface area contributed by atoms with Crippen LogP contribution >= 0.6 is 0 Å². The van der Waals surface area contributed by atoms with Crippen LogP contribution in [-0.4, -0.2) is 85.0 Å². The predicted molar refractivity (Wildman–Crippen MR) is 137 cm³/mol. The zero-order valence-corrected chi connectivity index (χ0v) is 21.3. The molecule has 3 saturated heterocycles. The van der Waals surface area contributed by atoms with Gasteiger partial charge in [0.15, 0.2) is 0 Å². The van der Waals surface area contributed by atoms with Crippen LogP contribution in [-0.2, 0) is 19.1 Å². The van der Waals surface area contributed by atoms with Crippen molar-refractivity contribution in [2.45, 2.75) is 69.1 Å². The van der Waals surface area contributed by atoms with Crippen molar-refractivity contribution >= 4 is 17.7 Å². The van der Waals surface area contributed by atoms with Crippen LogP contribution in [0.25, 0.3) is 0 Å². The van der Waals surface area contributed by atoms with Gasteiger partial charge in [-0.15, -0.1) is 6.42 Å². The summed E-state index contributed by atoms with van der Waals surface area (Å²) in [6.45, 7) is 3.35. The van der Waals surface area contributed by atoms with E-state index in [-0.39, 0.29) is 49.1 Å². The molecule has 8 heteroatoms. The normalized spacial score (nSPS) is 27.3. The number of terminal acetylenes is 1. The summed E-state index contributed by atoms with van der Waals surface area (Å²) >= 11 is 0. The van der Waals surface area contributed by atoms with E-state index in [9.17, 15) is 14.4 Å². The summed E-state index contributed by atoms with van der Waals surface area (Å²) in [5.41, 5.74) is 0.901. The van der Waals surface area contributed by atoms with E-state index < -0.39 is 12.0 Å². The van der Waals surface area contributed by atoms with Crippen molar-refractivity contribution in [1.29, 1.82) is 0 Å². The molecular formula is C28H38N4O4. The Kier molecular flexibility index (Phi) is 8.65. The quantitative estimate of drug-likeness (QED) is 0.422. The predicted octanol–water partition coefficient (Wildman–Crippen LogP) is 1.51. The lowest BCUT2D eigenvalue weighted by molar-refractivity contribution is -0.143. The number of nitrogens with one attached hydrogen (secondary N) is 2. The van der Waals surface area contributed by atoms with Gasteiger partial charge in [-0.2, -0.15) is 0 Å². The fourth-order valence-corrected chi connectivity index (χ4v) is 5.98. The van der Waals surface area contributed by atoms with E-state index in [0.717, 1.165) is 31.2 Å². The van der Waals surface area contributed by atoms with Crippen LogP contribution in [0.15, 0.2) is 30.3 Å². The number of likely N-dealkylation sites (tertiary alicyclic amines) is 1. The van der Waals surface area contributed by atoms with Gasteiger partial charge >= 0.3 is 0 Å². The number of likely N-dealkylation sites (N-methyl/N-ethyl adjacent to an activating group) is 1. The second kappa shape index (κ2) is 11.9. The van der Waals surface area contributed by atoms with Gasteiger partial charge in [0.25, 0.3) is 0 Å². The summed E-state index contributed by atoms with van der Waals surface area (Å²) in [4.78, 5) is 43.8. The maximum atomic E-state index is 13.7. The Morgan fingerprint density at radius 2 is 2.00 bits per heavy atom. The molecule has 0 radical (unpaired) electrons. The van der Waals surface area contributed by atoms with Gasteiger partial charge in [0, 0.05) is 19.1 Å². The van der Waals surface area contributed by atoms with Crippen molar-refractivity contribution in [2.24, 2.45) is 5.92 Å². The number of benzene rings is 1. The third-order valence-electron chi connectivity index (χ3n) is 8.05. The fraction of sp³-hybridized carbons (Fsp3) is 0.607. The van der Waals surface area contributed by atoms with E-state index in [0.29, 0.717) is 25.4 Å². The maximum absolute atomic E-state index is 13.7. The lowest BCUT2D eigenvalue weighted by Crippen LogP contribution is -2.58. The first-order valence-corrected chi connectivity index (χ1v) is 13.1. The summed E-state index contributed by atoms with van der Waals surface area (Å²) in [7, 11) is 1.73. The first kappa shape index (κ1) is 26.2. The Morgan fingerprint density at radius 3 is 2.72 bits per heavy atom. The third-order valence-corrected chi connectivity index (χ3v) is 8.05. The lowest BCUT2D eigenvalue weighted by atomic mass is 9.88. The molecular weight excluding hydrogens is 456 g/mol. The number of fused-ring (bicyclic) bond motifs is 3.